The molecule has 7 heteroatoms. The van der Waals surface area contributed by atoms with E-state index < -0.39 is 0 Å². The second kappa shape index (κ2) is 9.66. The van der Waals surface area contributed by atoms with Crippen molar-refractivity contribution in [1.82, 2.24) is 20.1 Å². The van der Waals surface area contributed by atoms with Crippen molar-refractivity contribution in [3.05, 3.63) is 83.1 Å². The molecule has 0 radical (unpaired) electrons. The number of carbonyl (C=O) groups excluding carboxylic acids is 1. The fourth-order valence-corrected chi connectivity index (χ4v) is 4.21. The van der Waals surface area contributed by atoms with Crippen molar-refractivity contribution in [2.24, 2.45) is 5.92 Å². The molecule has 0 aliphatic rings. The highest BCUT2D eigenvalue weighted by Crippen LogP contribution is 2.26. The number of amides is 1. The van der Waals surface area contributed by atoms with E-state index in [1.165, 1.54) is 17.0 Å². The molecule has 5 nitrogen and oxygen atoms in total. The summed E-state index contributed by atoms with van der Waals surface area (Å²) in [6, 6.07) is 16.1. The summed E-state index contributed by atoms with van der Waals surface area (Å²) in [5, 5.41) is 9.75. The van der Waals surface area contributed by atoms with Crippen LogP contribution in [0.5, 0.6) is 0 Å². The van der Waals surface area contributed by atoms with Gasteiger partial charge < -0.3 is 5.32 Å². The summed E-state index contributed by atoms with van der Waals surface area (Å²) in [6.07, 6.45) is 4.24. The lowest BCUT2D eigenvalue weighted by molar-refractivity contribution is -0.124. The van der Waals surface area contributed by atoms with Crippen molar-refractivity contribution >= 4 is 17.2 Å². The molecule has 0 fully saturated rings. The number of pyridine rings is 1. The molecule has 4 rings (SSSR count). The van der Waals surface area contributed by atoms with Gasteiger partial charge in [-0.15, -0.1) is 11.3 Å². The van der Waals surface area contributed by atoms with E-state index in [2.05, 4.69) is 16.4 Å². The van der Waals surface area contributed by atoms with Crippen LogP contribution in [0.2, 0.25) is 0 Å². The Balaban J connectivity index is 1.47. The Morgan fingerprint density at radius 3 is 2.71 bits per heavy atom. The smallest absolute Gasteiger partial charge is 0.223 e. The zero-order valence-corrected chi connectivity index (χ0v) is 18.0. The maximum atomic E-state index is 13.3. The molecule has 0 bridgehead atoms. The van der Waals surface area contributed by atoms with Crippen LogP contribution in [0.1, 0.15) is 11.8 Å². The maximum absolute atomic E-state index is 13.3. The largest absolute Gasteiger partial charge is 0.354 e. The lowest BCUT2D eigenvalue weighted by atomic mass is 10.1. The molecule has 158 valence electrons. The van der Waals surface area contributed by atoms with Crippen molar-refractivity contribution < 1.29 is 9.18 Å². The van der Waals surface area contributed by atoms with Crippen molar-refractivity contribution in [2.75, 3.05) is 6.54 Å². The molecular weight excluding hydrogens is 411 g/mol. The normalized spacial score (nSPS) is 11.9. The number of nitrogens with one attached hydrogen (secondary N) is 1. The van der Waals surface area contributed by atoms with E-state index in [9.17, 15) is 9.18 Å². The molecule has 0 aliphatic carbocycles. The molecule has 0 spiro atoms. The molecule has 4 aromatic rings. The predicted molar refractivity (Wildman–Crippen MR) is 121 cm³/mol. The number of benzene rings is 1. The Kier molecular flexibility index (Phi) is 6.52. The minimum atomic E-state index is -0.282. The molecule has 1 amide bonds. The van der Waals surface area contributed by atoms with Crippen molar-refractivity contribution in [3.63, 3.8) is 0 Å². The quantitative estimate of drug-likeness (QED) is 0.433. The van der Waals surface area contributed by atoms with Gasteiger partial charge in [0.1, 0.15) is 5.82 Å². The van der Waals surface area contributed by atoms with Crippen LogP contribution >= 0.6 is 11.3 Å². The second-order valence-corrected chi connectivity index (χ2v) is 8.39. The highest BCUT2D eigenvalue weighted by atomic mass is 32.1. The van der Waals surface area contributed by atoms with Crippen molar-refractivity contribution in [3.8, 4) is 22.5 Å². The van der Waals surface area contributed by atoms with Crippen LogP contribution < -0.4 is 5.32 Å². The van der Waals surface area contributed by atoms with Gasteiger partial charge in [-0.05, 0) is 60.3 Å². The van der Waals surface area contributed by atoms with Crippen LogP contribution in [0.15, 0.2) is 72.4 Å². The molecule has 0 saturated heterocycles. The van der Waals surface area contributed by atoms with Gasteiger partial charge in [0.05, 0.1) is 17.9 Å². The van der Waals surface area contributed by atoms with Crippen LogP contribution in [0.25, 0.3) is 22.5 Å². The first-order chi connectivity index (χ1) is 15.1. The van der Waals surface area contributed by atoms with Gasteiger partial charge in [-0.1, -0.05) is 13.0 Å². The number of carbonyl (C=O) groups is 1. The van der Waals surface area contributed by atoms with E-state index in [0.29, 0.717) is 13.1 Å². The van der Waals surface area contributed by atoms with E-state index in [1.54, 1.807) is 35.9 Å². The summed E-state index contributed by atoms with van der Waals surface area (Å²) in [6.45, 7) is 2.92. The topological polar surface area (TPSA) is 59.8 Å². The average Bonchev–Trinajstić information content (AvgIpc) is 3.45. The summed E-state index contributed by atoms with van der Waals surface area (Å²) in [5.41, 5.74) is 3.41. The number of hydrogen-bond donors (Lipinski definition) is 1. The highest BCUT2D eigenvalue weighted by Gasteiger charge is 2.15. The van der Waals surface area contributed by atoms with E-state index in [0.717, 1.165) is 28.9 Å². The highest BCUT2D eigenvalue weighted by molar-refractivity contribution is 7.09. The first kappa shape index (κ1) is 20.9. The third-order valence-electron chi connectivity index (χ3n) is 5.04. The molecule has 0 aliphatic heterocycles. The first-order valence-corrected chi connectivity index (χ1v) is 11.0. The first-order valence-electron chi connectivity index (χ1n) is 10.1. The predicted octanol–water partition coefficient (Wildman–Crippen LogP) is 4.81. The van der Waals surface area contributed by atoms with E-state index in [-0.39, 0.29) is 17.6 Å². The molecule has 1 aromatic carbocycles. The van der Waals surface area contributed by atoms with Crippen LogP contribution in [-0.2, 0) is 17.8 Å². The SMILES string of the molecule is C[C@H](Cc1cccs1)C(=O)NCCn1nc(-c2ccc(F)cc2)cc1-c1cccnc1. The van der Waals surface area contributed by atoms with Crippen LogP contribution in [0.4, 0.5) is 4.39 Å². The minimum absolute atomic E-state index is 0.0299. The summed E-state index contributed by atoms with van der Waals surface area (Å²) in [7, 11) is 0. The molecule has 3 aromatic heterocycles. The molecule has 0 unspecified atom stereocenters. The Bertz CT molecular complexity index is 1120. The number of thiophene rings is 1. The Hall–Kier alpha value is -3.32. The van der Waals surface area contributed by atoms with Gasteiger partial charge in [-0.2, -0.15) is 5.10 Å². The maximum Gasteiger partial charge on any atom is 0.223 e. The number of rotatable bonds is 8. The van der Waals surface area contributed by atoms with Crippen molar-refractivity contribution in [1.29, 1.82) is 0 Å². The van der Waals surface area contributed by atoms with Gasteiger partial charge in [0.25, 0.3) is 0 Å². The van der Waals surface area contributed by atoms with Gasteiger partial charge in [-0.25, -0.2) is 4.39 Å². The van der Waals surface area contributed by atoms with Gasteiger partial charge in [0, 0.05) is 40.9 Å². The van der Waals surface area contributed by atoms with Crippen LogP contribution in [-0.4, -0.2) is 27.2 Å². The summed E-state index contributed by atoms with van der Waals surface area (Å²) < 4.78 is 15.2. The monoisotopic (exact) mass is 434 g/mol. The van der Waals surface area contributed by atoms with Gasteiger partial charge in [0.2, 0.25) is 5.91 Å². The van der Waals surface area contributed by atoms with E-state index >= 15 is 0 Å². The molecule has 31 heavy (non-hydrogen) atoms. The third-order valence-corrected chi connectivity index (χ3v) is 5.93. The van der Waals surface area contributed by atoms with Crippen molar-refractivity contribution in [2.45, 2.75) is 19.9 Å². The Morgan fingerprint density at radius 2 is 2.00 bits per heavy atom. The fourth-order valence-electron chi connectivity index (χ4n) is 3.38. The lowest BCUT2D eigenvalue weighted by Gasteiger charge is -2.12. The van der Waals surface area contributed by atoms with Gasteiger partial charge in [-0.3, -0.25) is 14.5 Å². The zero-order chi connectivity index (χ0) is 21.6. The number of nitrogens with zero attached hydrogens (tertiary/aromatic N) is 3. The fraction of sp³-hybridized carbons (Fsp3) is 0.208. The van der Waals surface area contributed by atoms with E-state index in [4.69, 9.17) is 5.10 Å². The zero-order valence-electron chi connectivity index (χ0n) is 17.2. The van der Waals surface area contributed by atoms with Crippen LogP contribution in [0.3, 0.4) is 0 Å². The molecule has 1 N–H and O–H groups in total. The number of halogens is 1. The standard InChI is InChI=1S/C24H23FN4OS/c1-17(14-21-5-3-13-31-21)24(30)27-11-12-29-23(19-4-2-10-26-16-19)15-22(28-29)18-6-8-20(25)9-7-18/h2-10,13,15-17H,11-12,14H2,1H3,(H,27,30)/t17-/m1/s1. The van der Waals surface area contributed by atoms with Crippen LogP contribution in [0, 0.1) is 11.7 Å². The molecule has 3 heterocycles. The average molecular weight is 435 g/mol. The van der Waals surface area contributed by atoms with E-state index in [1.807, 2.05) is 41.3 Å². The Labute approximate surface area is 184 Å². The molecule has 0 saturated carbocycles. The summed E-state index contributed by atoms with van der Waals surface area (Å²) >= 11 is 1.67. The minimum Gasteiger partial charge on any atom is -0.354 e. The third kappa shape index (κ3) is 5.24. The van der Waals surface area contributed by atoms with Gasteiger partial charge >= 0.3 is 0 Å². The van der Waals surface area contributed by atoms with Gasteiger partial charge in [0.15, 0.2) is 0 Å². The second-order valence-electron chi connectivity index (χ2n) is 7.36. The Morgan fingerprint density at radius 1 is 1.16 bits per heavy atom. The summed E-state index contributed by atoms with van der Waals surface area (Å²) in [4.78, 5) is 17.9. The summed E-state index contributed by atoms with van der Waals surface area (Å²) in [5.74, 6) is -0.346. The molecular formula is C24H23FN4OS. The number of aromatic nitrogens is 3. The lowest BCUT2D eigenvalue weighted by Crippen LogP contribution is -2.33. The molecule has 1 atom stereocenters. The number of hydrogen-bond acceptors (Lipinski definition) is 4.